The highest BCUT2D eigenvalue weighted by Gasteiger charge is 2.22. The number of benzene rings is 3. The first-order chi connectivity index (χ1) is 13.8. The van der Waals surface area contributed by atoms with Crippen molar-refractivity contribution in [3.63, 3.8) is 0 Å². The summed E-state index contributed by atoms with van der Waals surface area (Å²) in [6.45, 7) is 4.15. The second kappa shape index (κ2) is 7.57. The summed E-state index contributed by atoms with van der Waals surface area (Å²) in [5, 5.41) is 2.70. The molecule has 0 spiro atoms. The highest BCUT2D eigenvalue weighted by molar-refractivity contribution is 7.99. The van der Waals surface area contributed by atoms with Crippen LogP contribution < -0.4 is 10.0 Å². The fourth-order valence-electron chi connectivity index (χ4n) is 3.22. The second-order valence-corrected chi connectivity index (χ2v) is 9.84. The molecule has 0 saturated carbocycles. The zero-order chi connectivity index (χ0) is 20.6. The lowest BCUT2D eigenvalue weighted by atomic mass is 10.2. The molecule has 2 N–H and O–H groups in total. The van der Waals surface area contributed by atoms with Crippen molar-refractivity contribution in [2.75, 3.05) is 10.0 Å². The molecule has 0 saturated heterocycles. The Kier molecular flexibility index (Phi) is 5.10. The molecule has 0 atom stereocenters. The van der Waals surface area contributed by atoms with E-state index in [0.717, 1.165) is 4.90 Å². The number of carbonyl (C=O) groups excluding carboxylic acids is 1. The Bertz CT molecular complexity index is 1200. The van der Waals surface area contributed by atoms with Crippen LogP contribution in [0.3, 0.4) is 0 Å². The zero-order valence-corrected chi connectivity index (χ0v) is 17.7. The molecular weight excluding hydrogens is 404 g/mol. The summed E-state index contributed by atoms with van der Waals surface area (Å²) in [5.41, 5.74) is 4.29. The van der Waals surface area contributed by atoms with Gasteiger partial charge in [0.05, 0.1) is 11.3 Å². The number of aryl methyl sites for hydroxylation is 2. The minimum absolute atomic E-state index is 0.126. The molecule has 1 heterocycles. The fourth-order valence-corrected chi connectivity index (χ4v) is 5.21. The van der Waals surface area contributed by atoms with Crippen LogP contribution in [0.4, 0.5) is 11.4 Å². The van der Waals surface area contributed by atoms with Crippen molar-refractivity contribution in [1.82, 2.24) is 0 Å². The average Bonchev–Trinajstić information content (AvgIpc) is 3.04. The quantitative estimate of drug-likeness (QED) is 0.620. The van der Waals surface area contributed by atoms with Crippen LogP contribution in [0.5, 0.6) is 0 Å². The van der Waals surface area contributed by atoms with E-state index >= 15 is 0 Å². The van der Waals surface area contributed by atoms with Gasteiger partial charge in [0.25, 0.3) is 10.0 Å². The first kappa shape index (κ1) is 19.5. The molecule has 3 aromatic carbocycles. The van der Waals surface area contributed by atoms with E-state index in [2.05, 4.69) is 42.1 Å². The molecule has 0 aliphatic carbocycles. The summed E-state index contributed by atoms with van der Waals surface area (Å²) in [7, 11) is -3.73. The summed E-state index contributed by atoms with van der Waals surface area (Å²) < 4.78 is 28.0. The molecule has 0 radical (unpaired) electrons. The van der Waals surface area contributed by atoms with Gasteiger partial charge >= 0.3 is 0 Å². The molecule has 1 aliphatic heterocycles. The van der Waals surface area contributed by atoms with E-state index < -0.39 is 10.0 Å². The van der Waals surface area contributed by atoms with Crippen molar-refractivity contribution in [2.45, 2.75) is 35.0 Å². The number of hydrogen-bond donors (Lipinski definition) is 2. The van der Waals surface area contributed by atoms with E-state index in [1.807, 2.05) is 12.1 Å². The third-order valence-corrected chi connectivity index (χ3v) is 7.24. The van der Waals surface area contributed by atoms with Crippen molar-refractivity contribution in [1.29, 1.82) is 0 Å². The van der Waals surface area contributed by atoms with Crippen LogP contribution in [0.15, 0.2) is 75.4 Å². The van der Waals surface area contributed by atoms with Gasteiger partial charge in [0, 0.05) is 21.2 Å². The molecule has 1 aliphatic rings. The first-order valence-electron chi connectivity index (χ1n) is 9.11. The van der Waals surface area contributed by atoms with Crippen LogP contribution in [0.25, 0.3) is 0 Å². The van der Waals surface area contributed by atoms with Crippen molar-refractivity contribution in [3.05, 3.63) is 77.4 Å². The largest absolute Gasteiger partial charge is 0.326 e. The Morgan fingerprint density at radius 2 is 1.72 bits per heavy atom. The Hall–Kier alpha value is -2.77. The highest BCUT2D eigenvalue weighted by atomic mass is 32.2. The molecule has 0 unspecified atom stereocenters. The molecule has 1 amide bonds. The first-order valence-corrected chi connectivity index (χ1v) is 11.4. The smallest absolute Gasteiger partial charge is 0.261 e. The van der Waals surface area contributed by atoms with Gasteiger partial charge in [0.2, 0.25) is 5.91 Å². The SMILES string of the molecule is Cc1ccc(Sc2ccc(NS(=O)(=O)c3ccc4c(c3)CC(=O)N4)cc2)c(C)c1. The summed E-state index contributed by atoms with van der Waals surface area (Å²) in [6, 6.07) is 18.3. The number of fused-ring (bicyclic) bond motifs is 1. The number of rotatable bonds is 5. The lowest BCUT2D eigenvalue weighted by Gasteiger charge is -2.11. The summed E-state index contributed by atoms with van der Waals surface area (Å²) in [5.74, 6) is -0.126. The van der Waals surface area contributed by atoms with E-state index in [9.17, 15) is 13.2 Å². The molecule has 4 rings (SSSR count). The minimum Gasteiger partial charge on any atom is -0.326 e. The number of amides is 1. The van der Waals surface area contributed by atoms with Gasteiger partial charge in [-0.3, -0.25) is 9.52 Å². The zero-order valence-electron chi connectivity index (χ0n) is 16.0. The van der Waals surface area contributed by atoms with Crippen molar-refractivity contribution in [3.8, 4) is 0 Å². The van der Waals surface area contributed by atoms with E-state index in [1.54, 1.807) is 36.0 Å². The van der Waals surface area contributed by atoms with E-state index in [4.69, 9.17) is 0 Å². The molecular formula is C22H20N2O3S2. The third kappa shape index (κ3) is 4.31. The molecule has 29 heavy (non-hydrogen) atoms. The number of sulfonamides is 1. The van der Waals surface area contributed by atoms with Gasteiger partial charge in [0.1, 0.15) is 0 Å². The lowest BCUT2D eigenvalue weighted by Crippen LogP contribution is -2.13. The fraction of sp³-hybridized carbons (Fsp3) is 0.136. The maximum absolute atomic E-state index is 12.7. The van der Waals surface area contributed by atoms with Gasteiger partial charge < -0.3 is 5.32 Å². The van der Waals surface area contributed by atoms with E-state index in [0.29, 0.717) is 16.9 Å². The Balaban J connectivity index is 1.49. The predicted octanol–water partition coefficient (Wildman–Crippen LogP) is 4.75. The van der Waals surface area contributed by atoms with Gasteiger partial charge in [-0.2, -0.15) is 0 Å². The summed E-state index contributed by atoms with van der Waals surface area (Å²) in [6.07, 6.45) is 0.197. The van der Waals surface area contributed by atoms with Crippen LogP contribution in [-0.2, 0) is 21.2 Å². The maximum atomic E-state index is 12.7. The van der Waals surface area contributed by atoms with Crippen LogP contribution in [0.1, 0.15) is 16.7 Å². The maximum Gasteiger partial charge on any atom is 0.261 e. The van der Waals surface area contributed by atoms with Crippen LogP contribution in [0, 0.1) is 13.8 Å². The number of carbonyl (C=O) groups is 1. The van der Waals surface area contributed by atoms with Crippen LogP contribution in [0.2, 0.25) is 0 Å². The minimum atomic E-state index is -3.73. The number of anilines is 2. The number of nitrogens with one attached hydrogen (secondary N) is 2. The van der Waals surface area contributed by atoms with Gasteiger partial charge in [0.15, 0.2) is 0 Å². The Labute approximate surface area is 174 Å². The standard InChI is InChI=1S/C22H20N2O3S2/c1-14-3-10-21(15(2)11-14)28-18-6-4-17(5-7-18)24-29(26,27)19-8-9-20-16(12-19)13-22(25)23-20/h3-12,24H,13H2,1-2H3,(H,23,25). The Morgan fingerprint density at radius 3 is 2.45 bits per heavy atom. The predicted molar refractivity (Wildman–Crippen MR) is 116 cm³/mol. The second-order valence-electron chi connectivity index (χ2n) is 7.04. The molecule has 0 aromatic heterocycles. The summed E-state index contributed by atoms with van der Waals surface area (Å²) >= 11 is 1.64. The molecule has 148 valence electrons. The van der Waals surface area contributed by atoms with E-state index in [-0.39, 0.29) is 17.2 Å². The molecule has 5 nitrogen and oxygen atoms in total. The summed E-state index contributed by atoms with van der Waals surface area (Å²) in [4.78, 5) is 13.8. The molecule has 0 bridgehead atoms. The van der Waals surface area contributed by atoms with Crippen molar-refractivity contribution >= 4 is 39.1 Å². The van der Waals surface area contributed by atoms with Crippen LogP contribution in [-0.4, -0.2) is 14.3 Å². The lowest BCUT2D eigenvalue weighted by molar-refractivity contribution is -0.115. The average molecular weight is 425 g/mol. The van der Waals surface area contributed by atoms with Gasteiger partial charge in [-0.15, -0.1) is 0 Å². The van der Waals surface area contributed by atoms with Crippen LogP contribution >= 0.6 is 11.8 Å². The van der Waals surface area contributed by atoms with Crippen molar-refractivity contribution < 1.29 is 13.2 Å². The molecule has 3 aromatic rings. The molecule has 0 fully saturated rings. The van der Waals surface area contributed by atoms with E-state index in [1.165, 1.54) is 22.1 Å². The Morgan fingerprint density at radius 1 is 0.966 bits per heavy atom. The number of hydrogen-bond acceptors (Lipinski definition) is 4. The molecule has 7 heteroatoms. The van der Waals surface area contributed by atoms with Gasteiger partial charge in [-0.05, 0) is 73.5 Å². The monoisotopic (exact) mass is 424 g/mol. The van der Waals surface area contributed by atoms with Gasteiger partial charge in [-0.1, -0.05) is 29.5 Å². The normalized spacial score (nSPS) is 13.1. The third-order valence-electron chi connectivity index (χ3n) is 4.68. The van der Waals surface area contributed by atoms with Gasteiger partial charge in [-0.25, -0.2) is 8.42 Å². The highest BCUT2D eigenvalue weighted by Crippen LogP contribution is 2.32. The van der Waals surface area contributed by atoms with Crippen molar-refractivity contribution in [2.24, 2.45) is 0 Å². The topological polar surface area (TPSA) is 75.3 Å².